The Balaban J connectivity index is 2.29. The molecule has 0 aromatic heterocycles. The van der Waals surface area contributed by atoms with Crippen LogP contribution in [-0.2, 0) is 0 Å². The summed E-state index contributed by atoms with van der Waals surface area (Å²) in [5.74, 6) is 0.778. The second-order valence-electron chi connectivity index (χ2n) is 5.49. The lowest BCUT2D eigenvalue weighted by Crippen LogP contribution is -2.05. The van der Waals surface area contributed by atoms with Gasteiger partial charge in [0.15, 0.2) is 0 Å². The molecule has 1 aromatic carbocycles. The van der Waals surface area contributed by atoms with Crippen LogP contribution >= 0.6 is 0 Å². The quantitative estimate of drug-likeness (QED) is 0.578. The summed E-state index contributed by atoms with van der Waals surface area (Å²) in [6.07, 6.45) is 11.2. The molecule has 0 heterocycles. The predicted octanol–water partition coefficient (Wildman–Crippen LogP) is 5.22. The average molecular weight is 228 g/mol. The Kier molecular flexibility index (Phi) is 4.04. The Bertz CT molecular complexity index is 389. The highest BCUT2D eigenvalue weighted by Crippen LogP contribution is 2.33. The molecule has 1 aliphatic rings. The van der Waals surface area contributed by atoms with E-state index in [9.17, 15) is 0 Å². The van der Waals surface area contributed by atoms with Crippen molar-refractivity contribution < 1.29 is 0 Å². The molecule has 92 valence electrons. The van der Waals surface area contributed by atoms with Crippen molar-refractivity contribution in [2.75, 3.05) is 0 Å². The molecule has 1 aromatic rings. The summed E-state index contributed by atoms with van der Waals surface area (Å²) in [4.78, 5) is 0. The molecule has 2 rings (SSSR count). The van der Waals surface area contributed by atoms with Gasteiger partial charge in [-0.1, -0.05) is 29.8 Å². The molecule has 0 nitrogen and oxygen atoms in total. The van der Waals surface area contributed by atoms with Crippen LogP contribution in [0.1, 0.15) is 60.3 Å². The minimum absolute atomic E-state index is 0.778. The summed E-state index contributed by atoms with van der Waals surface area (Å²) in [5.41, 5.74) is 6.02. The van der Waals surface area contributed by atoms with E-state index in [1.807, 2.05) is 0 Å². The molecule has 0 radical (unpaired) electrons. The van der Waals surface area contributed by atoms with Crippen LogP contribution in [0.3, 0.4) is 0 Å². The topological polar surface area (TPSA) is 0 Å². The number of rotatable bonds is 1. The Labute approximate surface area is 106 Å². The van der Waals surface area contributed by atoms with Gasteiger partial charge in [0.05, 0.1) is 0 Å². The van der Waals surface area contributed by atoms with E-state index in [-0.39, 0.29) is 0 Å². The Morgan fingerprint density at radius 2 is 1.53 bits per heavy atom. The number of benzene rings is 1. The fourth-order valence-corrected chi connectivity index (χ4v) is 3.28. The minimum Gasteiger partial charge on any atom is -0.0885 e. The van der Waals surface area contributed by atoms with Crippen LogP contribution in [0, 0.1) is 20.8 Å². The molecule has 0 amide bonds. The third-order valence-electron chi connectivity index (χ3n) is 3.92. The maximum atomic E-state index is 2.37. The first-order valence-electron chi connectivity index (χ1n) is 6.91. The van der Waals surface area contributed by atoms with Crippen molar-refractivity contribution in [2.45, 2.75) is 58.8 Å². The smallest absolute Gasteiger partial charge is 0.0154 e. The van der Waals surface area contributed by atoms with Gasteiger partial charge in [0.1, 0.15) is 0 Å². The highest BCUT2D eigenvalue weighted by molar-refractivity contribution is 5.40. The Morgan fingerprint density at radius 1 is 0.882 bits per heavy atom. The lowest BCUT2D eigenvalue weighted by molar-refractivity contribution is 0.546. The van der Waals surface area contributed by atoms with E-state index >= 15 is 0 Å². The van der Waals surface area contributed by atoms with E-state index in [0.717, 1.165) is 5.92 Å². The van der Waals surface area contributed by atoms with Crippen LogP contribution in [0.15, 0.2) is 24.3 Å². The lowest BCUT2D eigenvalue weighted by Gasteiger charge is -2.23. The van der Waals surface area contributed by atoms with E-state index < -0.39 is 0 Å². The van der Waals surface area contributed by atoms with Gasteiger partial charge in [0.25, 0.3) is 0 Å². The molecular formula is C17H24. The van der Waals surface area contributed by atoms with Gasteiger partial charge in [-0.2, -0.15) is 0 Å². The van der Waals surface area contributed by atoms with Crippen LogP contribution in [0.5, 0.6) is 0 Å². The van der Waals surface area contributed by atoms with Crippen molar-refractivity contribution in [1.82, 2.24) is 0 Å². The predicted molar refractivity (Wildman–Crippen MR) is 75.6 cm³/mol. The van der Waals surface area contributed by atoms with E-state index in [1.165, 1.54) is 48.8 Å². The van der Waals surface area contributed by atoms with Gasteiger partial charge < -0.3 is 0 Å². The van der Waals surface area contributed by atoms with Crippen molar-refractivity contribution in [3.8, 4) is 0 Å². The second-order valence-corrected chi connectivity index (χ2v) is 5.49. The first-order chi connectivity index (χ1) is 8.18. The Hall–Kier alpha value is -1.04. The molecule has 1 atom stereocenters. The van der Waals surface area contributed by atoms with Crippen molar-refractivity contribution in [3.05, 3.63) is 46.5 Å². The molecule has 0 saturated carbocycles. The summed E-state index contributed by atoms with van der Waals surface area (Å²) < 4.78 is 0. The monoisotopic (exact) mass is 228 g/mol. The summed E-state index contributed by atoms with van der Waals surface area (Å²) in [6, 6.07) is 4.69. The standard InChI is InChI=1S/C17H24/c1-13-11-14(2)17(15(3)12-13)16-9-7-5-4-6-8-10-16/h4-5,11-12,16H,6-10H2,1-3H3. The number of aryl methyl sites for hydroxylation is 3. The van der Waals surface area contributed by atoms with Gasteiger partial charge in [0.2, 0.25) is 0 Å². The third kappa shape index (κ3) is 3.00. The van der Waals surface area contributed by atoms with E-state index in [0.29, 0.717) is 0 Å². The van der Waals surface area contributed by atoms with Crippen molar-refractivity contribution in [3.63, 3.8) is 0 Å². The first-order valence-corrected chi connectivity index (χ1v) is 6.91. The normalized spacial score (nSPS) is 21.0. The van der Waals surface area contributed by atoms with Gasteiger partial charge in [-0.05, 0) is 75.5 Å². The molecule has 0 fully saturated rings. The van der Waals surface area contributed by atoms with Crippen LogP contribution in [-0.4, -0.2) is 0 Å². The molecule has 1 unspecified atom stereocenters. The molecule has 0 bridgehead atoms. The van der Waals surface area contributed by atoms with Gasteiger partial charge in [-0.15, -0.1) is 0 Å². The zero-order valence-electron chi connectivity index (χ0n) is 11.4. The number of allylic oxidation sites excluding steroid dienone is 2. The number of hydrogen-bond acceptors (Lipinski definition) is 0. The Morgan fingerprint density at radius 3 is 2.24 bits per heavy atom. The van der Waals surface area contributed by atoms with Gasteiger partial charge in [-0.25, -0.2) is 0 Å². The summed E-state index contributed by atoms with van der Waals surface area (Å²) in [6.45, 7) is 6.76. The van der Waals surface area contributed by atoms with Gasteiger partial charge in [-0.3, -0.25) is 0 Å². The van der Waals surface area contributed by atoms with Crippen molar-refractivity contribution in [1.29, 1.82) is 0 Å². The van der Waals surface area contributed by atoms with Crippen LogP contribution < -0.4 is 0 Å². The van der Waals surface area contributed by atoms with Crippen LogP contribution in [0.2, 0.25) is 0 Å². The van der Waals surface area contributed by atoms with Gasteiger partial charge in [0, 0.05) is 0 Å². The first kappa shape index (κ1) is 12.4. The van der Waals surface area contributed by atoms with E-state index in [2.05, 4.69) is 45.1 Å². The second kappa shape index (κ2) is 5.53. The highest BCUT2D eigenvalue weighted by atomic mass is 14.2. The zero-order valence-corrected chi connectivity index (χ0v) is 11.4. The van der Waals surface area contributed by atoms with Gasteiger partial charge >= 0.3 is 0 Å². The maximum absolute atomic E-state index is 2.37. The minimum atomic E-state index is 0.778. The molecule has 0 heteroatoms. The fraction of sp³-hybridized carbons (Fsp3) is 0.529. The van der Waals surface area contributed by atoms with Crippen LogP contribution in [0.4, 0.5) is 0 Å². The summed E-state index contributed by atoms with van der Waals surface area (Å²) in [5, 5.41) is 0. The molecule has 0 N–H and O–H groups in total. The number of hydrogen-bond donors (Lipinski definition) is 0. The summed E-state index contributed by atoms with van der Waals surface area (Å²) >= 11 is 0. The maximum Gasteiger partial charge on any atom is -0.0154 e. The average Bonchev–Trinajstić information content (AvgIpc) is 2.19. The van der Waals surface area contributed by atoms with Crippen molar-refractivity contribution >= 4 is 0 Å². The largest absolute Gasteiger partial charge is 0.0885 e. The van der Waals surface area contributed by atoms with Crippen molar-refractivity contribution in [2.24, 2.45) is 0 Å². The SMILES string of the molecule is Cc1cc(C)c(C2CCC=CCCC2)c(C)c1. The third-order valence-corrected chi connectivity index (χ3v) is 3.92. The molecular weight excluding hydrogens is 204 g/mol. The highest BCUT2D eigenvalue weighted by Gasteiger charge is 2.16. The molecule has 17 heavy (non-hydrogen) atoms. The molecule has 0 spiro atoms. The summed E-state index contributed by atoms with van der Waals surface area (Å²) in [7, 11) is 0. The zero-order chi connectivity index (χ0) is 12.3. The molecule has 0 saturated heterocycles. The van der Waals surface area contributed by atoms with Crippen LogP contribution in [0.25, 0.3) is 0 Å². The van der Waals surface area contributed by atoms with E-state index in [1.54, 1.807) is 5.56 Å². The lowest BCUT2D eigenvalue weighted by atomic mass is 9.82. The molecule has 0 aliphatic heterocycles. The molecule has 1 aliphatic carbocycles. The van der Waals surface area contributed by atoms with E-state index in [4.69, 9.17) is 0 Å². The fourth-order valence-electron chi connectivity index (χ4n) is 3.28.